The number of carbonyl (C=O) groups excluding carboxylic acids is 1. The van der Waals surface area contributed by atoms with Crippen molar-refractivity contribution >= 4 is 46.6 Å². The van der Waals surface area contributed by atoms with E-state index in [4.69, 9.17) is 23.2 Å². The third kappa shape index (κ3) is 4.88. The van der Waals surface area contributed by atoms with Crippen LogP contribution in [0, 0.1) is 0 Å². The van der Waals surface area contributed by atoms with Crippen molar-refractivity contribution in [3.8, 4) is 11.3 Å². The summed E-state index contributed by atoms with van der Waals surface area (Å²) >= 11 is 13.1. The molecule has 0 atom stereocenters. The summed E-state index contributed by atoms with van der Waals surface area (Å²) in [4.78, 5) is 31.0. The summed E-state index contributed by atoms with van der Waals surface area (Å²) in [6.07, 6.45) is 0. The van der Waals surface area contributed by atoms with Crippen LogP contribution in [0.25, 0.3) is 11.3 Å². The number of thioether (sulfide) groups is 1. The molecule has 1 heterocycles. The highest BCUT2D eigenvalue weighted by Gasteiger charge is 2.10. The standard InChI is InChI=1S/C18H13Cl2N3O2S/c19-12-6-7-13(20)15(8-12)21-17(25)10-26-18-22-14(9-16(24)23-18)11-4-2-1-3-5-11/h1-9H,10H2,(H,21,25)(H,22,23,24). The highest BCUT2D eigenvalue weighted by molar-refractivity contribution is 7.99. The summed E-state index contributed by atoms with van der Waals surface area (Å²) in [5.74, 6) is -0.226. The lowest BCUT2D eigenvalue weighted by molar-refractivity contribution is -0.113. The Hall–Kier alpha value is -2.28. The van der Waals surface area contributed by atoms with Crippen molar-refractivity contribution < 1.29 is 4.79 Å². The molecule has 0 aliphatic carbocycles. The minimum absolute atomic E-state index is 0.0595. The van der Waals surface area contributed by atoms with E-state index in [1.165, 1.54) is 6.07 Å². The number of nitrogens with zero attached hydrogens (tertiary/aromatic N) is 1. The van der Waals surface area contributed by atoms with Gasteiger partial charge in [0, 0.05) is 16.7 Å². The van der Waals surface area contributed by atoms with Crippen LogP contribution in [0.5, 0.6) is 0 Å². The quantitative estimate of drug-likeness (QED) is 0.484. The van der Waals surface area contributed by atoms with Gasteiger partial charge in [-0.05, 0) is 18.2 Å². The minimum atomic E-state index is -0.285. The Morgan fingerprint density at radius 1 is 1.12 bits per heavy atom. The molecule has 0 unspecified atom stereocenters. The highest BCUT2D eigenvalue weighted by Crippen LogP contribution is 2.26. The Morgan fingerprint density at radius 3 is 2.65 bits per heavy atom. The fourth-order valence-corrected chi connectivity index (χ4v) is 3.19. The SMILES string of the molecule is O=C(CSc1nc(-c2ccccc2)cc(=O)[nH]1)Nc1cc(Cl)ccc1Cl. The van der Waals surface area contributed by atoms with Gasteiger partial charge in [-0.3, -0.25) is 9.59 Å². The highest BCUT2D eigenvalue weighted by atomic mass is 35.5. The molecule has 3 aromatic rings. The second-order valence-corrected chi connectivity index (χ2v) is 7.07. The topological polar surface area (TPSA) is 74.8 Å². The Morgan fingerprint density at radius 2 is 1.88 bits per heavy atom. The van der Waals surface area contributed by atoms with E-state index in [0.29, 0.717) is 26.6 Å². The molecular formula is C18H13Cl2N3O2S. The molecule has 0 saturated heterocycles. The Labute approximate surface area is 163 Å². The van der Waals surface area contributed by atoms with Crippen LogP contribution in [0.4, 0.5) is 5.69 Å². The summed E-state index contributed by atoms with van der Waals surface area (Å²) in [6, 6.07) is 15.6. The number of benzene rings is 2. The number of amides is 1. The molecule has 2 aromatic carbocycles. The molecule has 0 fully saturated rings. The molecule has 0 spiro atoms. The van der Waals surface area contributed by atoms with Gasteiger partial charge in [0.1, 0.15) is 0 Å². The molecule has 1 amide bonds. The molecule has 26 heavy (non-hydrogen) atoms. The lowest BCUT2D eigenvalue weighted by atomic mass is 10.1. The smallest absolute Gasteiger partial charge is 0.252 e. The van der Waals surface area contributed by atoms with Crippen LogP contribution >= 0.6 is 35.0 Å². The van der Waals surface area contributed by atoms with Crippen molar-refractivity contribution in [3.05, 3.63) is 75.0 Å². The maximum Gasteiger partial charge on any atom is 0.252 e. The Bertz CT molecular complexity index is 993. The number of nitrogens with one attached hydrogen (secondary N) is 2. The molecule has 8 heteroatoms. The van der Waals surface area contributed by atoms with Gasteiger partial charge in [0.25, 0.3) is 5.56 Å². The van der Waals surface area contributed by atoms with Crippen molar-refractivity contribution in [1.29, 1.82) is 0 Å². The lowest BCUT2D eigenvalue weighted by Crippen LogP contribution is -2.15. The van der Waals surface area contributed by atoms with Gasteiger partial charge in [-0.2, -0.15) is 0 Å². The third-order valence-electron chi connectivity index (χ3n) is 3.33. The molecule has 3 rings (SSSR count). The zero-order chi connectivity index (χ0) is 18.5. The van der Waals surface area contributed by atoms with Crippen LogP contribution in [0.3, 0.4) is 0 Å². The fraction of sp³-hybridized carbons (Fsp3) is 0.0556. The first-order chi connectivity index (χ1) is 12.5. The van der Waals surface area contributed by atoms with Gasteiger partial charge in [0.05, 0.1) is 22.2 Å². The monoisotopic (exact) mass is 405 g/mol. The summed E-state index contributed by atoms with van der Waals surface area (Å²) in [5, 5.41) is 3.92. The van der Waals surface area contributed by atoms with Crippen molar-refractivity contribution in [2.45, 2.75) is 5.16 Å². The van der Waals surface area contributed by atoms with Crippen LogP contribution in [-0.2, 0) is 4.79 Å². The maximum atomic E-state index is 12.1. The molecular weight excluding hydrogens is 393 g/mol. The first-order valence-corrected chi connectivity index (χ1v) is 9.30. The predicted molar refractivity (Wildman–Crippen MR) is 106 cm³/mol. The molecule has 5 nitrogen and oxygen atoms in total. The molecule has 0 aliphatic rings. The summed E-state index contributed by atoms with van der Waals surface area (Å²) in [5.41, 5.74) is 1.54. The van der Waals surface area contributed by atoms with E-state index in [1.54, 1.807) is 18.2 Å². The van der Waals surface area contributed by atoms with Gasteiger partial charge in [-0.1, -0.05) is 65.3 Å². The van der Waals surface area contributed by atoms with E-state index in [0.717, 1.165) is 17.3 Å². The van der Waals surface area contributed by atoms with E-state index in [9.17, 15) is 9.59 Å². The Balaban J connectivity index is 1.69. The molecule has 0 bridgehead atoms. The van der Waals surface area contributed by atoms with Gasteiger partial charge in [0.2, 0.25) is 5.91 Å². The summed E-state index contributed by atoms with van der Waals surface area (Å²) < 4.78 is 0. The van der Waals surface area contributed by atoms with Gasteiger partial charge < -0.3 is 10.3 Å². The zero-order valence-corrected chi connectivity index (χ0v) is 15.7. The van der Waals surface area contributed by atoms with E-state index >= 15 is 0 Å². The van der Waals surface area contributed by atoms with E-state index in [1.807, 2.05) is 30.3 Å². The van der Waals surface area contributed by atoms with Crippen LogP contribution in [0.2, 0.25) is 10.0 Å². The Kier molecular flexibility index (Phi) is 5.98. The fourth-order valence-electron chi connectivity index (χ4n) is 2.17. The number of rotatable bonds is 5. The average Bonchev–Trinajstić information content (AvgIpc) is 2.63. The molecule has 1 aromatic heterocycles. The van der Waals surface area contributed by atoms with E-state index < -0.39 is 0 Å². The normalized spacial score (nSPS) is 10.5. The van der Waals surface area contributed by atoms with Gasteiger partial charge in [-0.25, -0.2) is 4.98 Å². The number of aromatic nitrogens is 2. The minimum Gasteiger partial charge on any atom is -0.324 e. The molecule has 0 radical (unpaired) electrons. The lowest BCUT2D eigenvalue weighted by Gasteiger charge is -2.08. The number of anilines is 1. The number of carbonyl (C=O) groups is 1. The van der Waals surface area contributed by atoms with Crippen LogP contribution in [-0.4, -0.2) is 21.6 Å². The largest absolute Gasteiger partial charge is 0.324 e. The van der Waals surface area contributed by atoms with Crippen molar-refractivity contribution in [3.63, 3.8) is 0 Å². The van der Waals surface area contributed by atoms with E-state index in [-0.39, 0.29) is 17.2 Å². The first kappa shape index (κ1) is 18.5. The second kappa shape index (κ2) is 8.40. The zero-order valence-electron chi connectivity index (χ0n) is 13.3. The summed E-state index contributed by atoms with van der Waals surface area (Å²) in [6.45, 7) is 0. The summed E-state index contributed by atoms with van der Waals surface area (Å²) in [7, 11) is 0. The third-order valence-corrected chi connectivity index (χ3v) is 4.77. The van der Waals surface area contributed by atoms with E-state index in [2.05, 4.69) is 15.3 Å². The number of aromatic amines is 1. The average molecular weight is 406 g/mol. The van der Waals surface area contributed by atoms with Gasteiger partial charge in [0.15, 0.2) is 5.16 Å². The number of hydrogen-bond donors (Lipinski definition) is 2. The van der Waals surface area contributed by atoms with Crippen molar-refractivity contribution in [2.24, 2.45) is 0 Å². The van der Waals surface area contributed by atoms with Crippen LogP contribution in [0.1, 0.15) is 0 Å². The van der Waals surface area contributed by atoms with Crippen LogP contribution in [0.15, 0.2) is 64.5 Å². The second-order valence-electron chi connectivity index (χ2n) is 5.26. The molecule has 132 valence electrons. The molecule has 0 aliphatic heterocycles. The maximum absolute atomic E-state index is 12.1. The van der Waals surface area contributed by atoms with Crippen LogP contribution < -0.4 is 10.9 Å². The number of halogens is 2. The predicted octanol–water partition coefficient (Wildman–Crippen LogP) is 4.47. The van der Waals surface area contributed by atoms with Crippen molar-refractivity contribution in [2.75, 3.05) is 11.1 Å². The van der Waals surface area contributed by atoms with Gasteiger partial charge in [-0.15, -0.1) is 0 Å². The van der Waals surface area contributed by atoms with Gasteiger partial charge >= 0.3 is 0 Å². The molecule has 2 N–H and O–H groups in total. The van der Waals surface area contributed by atoms with Crippen molar-refractivity contribution in [1.82, 2.24) is 9.97 Å². The molecule has 0 saturated carbocycles. The number of hydrogen-bond acceptors (Lipinski definition) is 4. The number of H-pyrrole nitrogens is 1. The first-order valence-electron chi connectivity index (χ1n) is 7.56.